The van der Waals surface area contributed by atoms with Crippen LogP contribution in [0.25, 0.3) is 0 Å². The van der Waals surface area contributed by atoms with Crippen LogP contribution in [0, 0.1) is 0 Å². The van der Waals surface area contributed by atoms with E-state index in [1.165, 1.54) is 54.6 Å². The average Bonchev–Trinajstić information content (AvgIpc) is 2.65. The largest absolute Gasteiger partial charge is 0.263 e. The normalized spacial score (nSPS) is 11.9. The van der Waals surface area contributed by atoms with Crippen LogP contribution in [0.3, 0.4) is 0 Å². The minimum Gasteiger partial charge on any atom is -0.263 e. The summed E-state index contributed by atoms with van der Waals surface area (Å²) >= 11 is 23.3. The monoisotopic (exact) mass is 525 g/mol. The average molecular weight is 527 g/mol. The summed E-state index contributed by atoms with van der Waals surface area (Å²) in [6.45, 7) is 0. The fourth-order valence-electron chi connectivity index (χ4n) is 2.23. The summed E-state index contributed by atoms with van der Waals surface area (Å²) in [6.07, 6.45) is 0. The molecule has 0 aliphatic carbocycles. The van der Waals surface area contributed by atoms with Crippen molar-refractivity contribution in [1.82, 2.24) is 4.98 Å². The van der Waals surface area contributed by atoms with E-state index in [0.29, 0.717) is 0 Å². The van der Waals surface area contributed by atoms with E-state index in [1.807, 2.05) is 0 Å². The highest BCUT2D eigenvalue weighted by molar-refractivity contribution is 7.93. The van der Waals surface area contributed by atoms with Gasteiger partial charge < -0.3 is 0 Å². The van der Waals surface area contributed by atoms with Gasteiger partial charge >= 0.3 is 0 Å². The van der Waals surface area contributed by atoms with Crippen LogP contribution in [0.4, 0.5) is 11.6 Å². The van der Waals surface area contributed by atoms with Gasteiger partial charge in [0.15, 0.2) is 0 Å². The minimum absolute atomic E-state index is 0.0654. The van der Waals surface area contributed by atoms with Crippen LogP contribution < -0.4 is 9.44 Å². The SMILES string of the molecule is O=S(=O)(Nc1cccc(NS(=O)(=O)c2ccc(Cl)c(Cl)c2)n1)c1ccc(Cl)c(Cl)c1. The van der Waals surface area contributed by atoms with Crippen molar-refractivity contribution < 1.29 is 16.8 Å². The molecule has 3 rings (SSSR count). The summed E-state index contributed by atoms with van der Waals surface area (Å²) in [5.41, 5.74) is 0. The summed E-state index contributed by atoms with van der Waals surface area (Å²) in [6, 6.07) is 11.7. The maximum Gasteiger partial charge on any atom is 0.263 e. The first-order valence-electron chi connectivity index (χ1n) is 7.91. The number of sulfonamides is 2. The molecule has 0 unspecified atom stereocenters. The van der Waals surface area contributed by atoms with E-state index in [9.17, 15) is 16.8 Å². The lowest BCUT2D eigenvalue weighted by atomic mass is 10.4. The molecule has 3 aromatic rings. The molecule has 2 N–H and O–H groups in total. The number of rotatable bonds is 6. The van der Waals surface area contributed by atoms with E-state index >= 15 is 0 Å². The number of pyridine rings is 1. The molecule has 30 heavy (non-hydrogen) atoms. The number of hydrogen-bond donors (Lipinski definition) is 2. The van der Waals surface area contributed by atoms with Crippen molar-refractivity contribution in [3.8, 4) is 0 Å². The smallest absolute Gasteiger partial charge is 0.263 e. The Balaban J connectivity index is 1.85. The second-order valence-corrected chi connectivity index (χ2v) is 10.8. The number of aromatic nitrogens is 1. The van der Waals surface area contributed by atoms with Crippen molar-refractivity contribution in [1.29, 1.82) is 0 Å². The van der Waals surface area contributed by atoms with Gasteiger partial charge in [0.25, 0.3) is 20.0 Å². The zero-order valence-electron chi connectivity index (χ0n) is 14.6. The third-order valence-electron chi connectivity index (χ3n) is 3.63. The Morgan fingerprint density at radius 1 is 0.600 bits per heavy atom. The van der Waals surface area contributed by atoms with Crippen LogP contribution in [-0.4, -0.2) is 21.8 Å². The maximum absolute atomic E-state index is 12.5. The van der Waals surface area contributed by atoms with E-state index in [2.05, 4.69) is 14.4 Å². The molecule has 13 heteroatoms. The molecule has 0 bridgehead atoms. The summed E-state index contributed by atoms with van der Waals surface area (Å²) in [7, 11) is -8.08. The van der Waals surface area contributed by atoms with Gasteiger partial charge in [-0.05, 0) is 48.5 Å². The molecule has 0 atom stereocenters. The topological polar surface area (TPSA) is 105 Å². The minimum atomic E-state index is -4.04. The summed E-state index contributed by atoms with van der Waals surface area (Å²) in [5, 5.41) is 0.533. The number of anilines is 2. The van der Waals surface area contributed by atoms with E-state index in [0.717, 1.165) is 0 Å². The first-order valence-corrected chi connectivity index (χ1v) is 12.4. The highest BCUT2D eigenvalue weighted by Gasteiger charge is 2.19. The Hall–Kier alpha value is -1.75. The first-order chi connectivity index (χ1) is 14.0. The molecule has 2 aromatic carbocycles. The van der Waals surface area contributed by atoms with Crippen LogP contribution in [0.1, 0.15) is 0 Å². The predicted molar refractivity (Wildman–Crippen MR) is 119 cm³/mol. The van der Waals surface area contributed by atoms with Crippen LogP contribution in [0.2, 0.25) is 20.1 Å². The van der Waals surface area contributed by atoms with E-state index in [4.69, 9.17) is 46.4 Å². The lowest BCUT2D eigenvalue weighted by Crippen LogP contribution is -2.16. The van der Waals surface area contributed by atoms with Gasteiger partial charge in [0.2, 0.25) is 0 Å². The Morgan fingerprint density at radius 3 is 1.37 bits per heavy atom. The van der Waals surface area contributed by atoms with Gasteiger partial charge in [0.1, 0.15) is 11.6 Å². The van der Waals surface area contributed by atoms with Crippen LogP contribution in [-0.2, 0) is 20.0 Å². The Bertz CT molecular complexity index is 1230. The Morgan fingerprint density at radius 2 is 1.00 bits per heavy atom. The maximum atomic E-state index is 12.5. The molecular weight excluding hydrogens is 516 g/mol. The van der Waals surface area contributed by atoms with Crippen molar-refractivity contribution in [3.05, 3.63) is 74.7 Å². The molecule has 0 saturated heterocycles. The molecular formula is C17H11Cl4N3O4S2. The summed E-state index contributed by atoms with van der Waals surface area (Å²) < 4.78 is 54.6. The number of benzene rings is 2. The molecule has 1 aromatic heterocycles. The lowest BCUT2D eigenvalue weighted by molar-refractivity contribution is 0.599. The standard InChI is InChI=1S/C17H11Cl4N3O4S2/c18-12-6-4-10(8-14(12)20)29(25,26)23-16-2-1-3-17(22-16)24-30(27,28)11-5-7-13(19)15(21)9-11/h1-9H,(H2,22,23,24). The molecule has 0 aliphatic heterocycles. The van der Waals surface area contributed by atoms with Gasteiger partial charge in [-0.1, -0.05) is 52.5 Å². The van der Waals surface area contributed by atoms with Crippen LogP contribution >= 0.6 is 46.4 Å². The quantitative estimate of drug-likeness (QED) is 0.453. The lowest BCUT2D eigenvalue weighted by Gasteiger charge is -2.11. The molecule has 0 saturated carbocycles. The zero-order valence-corrected chi connectivity index (χ0v) is 19.3. The third-order valence-corrected chi connectivity index (χ3v) is 7.81. The fraction of sp³-hybridized carbons (Fsp3) is 0. The molecule has 0 radical (unpaired) electrons. The number of hydrogen-bond acceptors (Lipinski definition) is 5. The molecule has 0 amide bonds. The first kappa shape index (κ1) is 22.9. The number of nitrogens with one attached hydrogen (secondary N) is 2. The van der Waals surface area contributed by atoms with Crippen molar-refractivity contribution in [2.75, 3.05) is 9.44 Å². The molecule has 1 heterocycles. The second-order valence-electron chi connectivity index (χ2n) is 5.77. The third kappa shape index (κ3) is 5.29. The van der Waals surface area contributed by atoms with Gasteiger partial charge in [-0.3, -0.25) is 9.44 Å². The van der Waals surface area contributed by atoms with Crippen LogP contribution in [0.15, 0.2) is 64.4 Å². The fourth-order valence-corrected chi connectivity index (χ4v) is 5.01. The van der Waals surface area contributed by atoms with E-state index in [1.54, 1.807) is 0 Å². The predicted octanol–water partition coefficient (Wildman–Crippen LogP) is 5.30. The Kier molecular flexibility index (Phi) is 6.71. The van der Waals surface area contributed by atoms with Gasteiger partial charge in [0, 0.05) is 0 Å². The summed E-state index contributed by atoms with van der Waals surface area (Å²) in [5.74, 6) is -0.231. The van der Waals surface area contributed by atoms with Crippen molar-refractivity contribution in [2.24, 2.45) is 0 Å². The zero-order chi connectivity index (χ0) is 22.1. The van der Waals surface area contributed by atoms with Gasteiger partial charge in [0.05, 0.1) is 29.9 Å². The van der Waals surface area contributed by atoms with Gasteiger partial charge in [-0.15, -0.1) is 0 Å². The van der Waals surface area contributed by atoms with Gasteiger partial charge in [-0.25, -0.2) is 21.8 Å². The molecule has 7 nitrogen and oxygen atoms in total. The van der Waals surface area contributed by atoms with Crippen molar-refractivity contribution in [3.63, 3.8) is 0 Å². The van der Waals surface area contributed by atoms with E-state index in [-0.39, 0.29) is 41.5 Å². The Labute approximate surface area is 193 Å². The highest BCUT2D eigenvalue weighted by Crippen LogP contribution is 2.27. The molecule has 0 fully saturated rings. The van der Waals surface area contributed by atoms with Gasteiger partial charge in [-0.2, -0.15) is 0 Å². The number of halogens is 4. The second kappa shape index (κ2) is 8.78. The van der Waals surface area contributed by atoms with E-state index < -0.39 is 20.0 Å². The van der Waals surface area contributed by atoms with Crippen LogP contribution in [0.5, 0.6) is 0 Å². The molecule has 158 valence electrons. The summed E-state index contributed by atoms with van der Waals surface area (Å²) in [4.78, 5) is 3.70. The van der Waals surface area contributed by atoms with Crippen molar-refractivity contribution >= 4 is 78.1 Å². The number of nitrogens with zero attached hydrogens (tertiary/aromatic N) is 1. The highest BCUT2D eigenvalue weighted by atomic mass is 35.5. The molecule has 0 aliphatic rings. The molecule has 0 spiro atoms. The van der Waals surface area contributed by atoms with Crippen molar-refractivity contribution in [2.45, 2.75) is 9.79 Å².